The van der Waals surface area contributed by atoms with Crippen molar-refractivity contribution in [3.8, 4) is 28.8 Å². The van der Waals surface area contributed by atoms with Crippen LogP contribution in [0.4, 0.5) is 5.95 Å². The molecule has 4 aromatic rings. The van der Waals surface area contributed by atoms with Gasteiger partial charge in [-0.05, 0) is 47.1 Å². The van der Waals surface area contributed by atoms with E-state index in [0.29, 0.717) is 33.2 Å². The van der Waals surface area contributed by atoms with Crippen LogP contribution in [0, 0.1) is 0 Å². The van der Waals surface area contributed by atoms with E-state index in [4.69, 9.17) is 13.9 Å². The zero-order valence-electron chi connectivity index (χ0n) is 18.5. The number of hydrogen-bond donors (Lipinski definition) is 1. The Labute approximate surface area is 204 Å². The van der Waals surface area contributed by atoms with Crippen LogP contribution < -0.4 is 14.2 Å². The number of aromatic nitrogens is 5. The summed E-state index contributed by atoms with van der Waals surface area (Å²) in [5, 5.41) is 7.40. The average molecular weight is 549 g/mol. The van der Waals surface area contributed by atoms with Gasteiger partial charge in [-0.2, -0.15) is 0 Å². The highest BCUT2D eigenvalue weighted by atomic mass is 79.9. The number of nitrogens with one attached hydrogen (secondary N) is 1. The lowest BCUT2D eigenvalue weighted by Gasteiger charge is -2.18. The maximum Gasteiger partial charge on any atom is 0.243 e. The first kappa shape index (κ1) is 23.7. The SMILES string of the molecule is COc1cccc(OC)c1-n1c(NS(=O)(=O)[C@H](C)Cc2ncc(Br)cn2)nnc1-c1ccco1. The number of benzene rings is 1. The van der Waals surface area contributed by atoms with Crippen LogP contribution in [0.15, 0.2) is 57.9 Å². The molecule has 178 valence electrons. The molecule has 1 N–H and O–H groups in total. The molecule has 0 radical (unpaired) electrons. The van der Waals surface area contributed by atoms with Crippen molar-refractivity contribution in [2.45, 2.75) is 18.6 Å². The van der Waals surface area contributed by atoms with Gasteiger partial charge in [0.25, 0.3) is 0 Å². The number of para-hydroxylation sites is 1. The fourth-order valence-corrected chi connectivity index (χ4v) is 4.38. The number of rotatable bonds is 9. The summed E-state index contributed by atoms with van der Waals surface area (Å²) in [6.45, 7) is 1.56. The monoisotopic (exact) mass is 548 g/mol. The Hall–Kier alpha value is -3.45. The number of sulfonamides is 1. The minimum atomic E-state index is -3.92. The molecule has 0 bridgehead atoms. The summed E-state index contributed by atoms with van der Waals surface area (Å²) in [5.74, 6) is 1.81. The van der Waals surface area contributed by atoms with Crippen molar-refractivity contribution in [3.05, 3.63) is 59.3 Å². The van der Waals surface area contributed by atoms with Gasteiger partial charge in [0, 0.05) is 18.8 Å². The quantitative estimate of drug-likeness (QED) is 0.333. The Bertz CT molecular complexity index is 1350. The second kappa shape index (κ2) is 9.81. The Morgan fingerprint density at radius 3 is 2.35 bits per heavy atom. The normalized spacial score (nSPS) is 12.4. The van der Waals surface area contributed by atoms with Gasteiger partial charge in [0.2, 0.25) is 21.8 Å². The molecule has 1 atom stereocenters. The van der Waals surface area contributed by atoms with E-state index in [0.717, 1.165) is 0 Å². The standard InChI is InChI=1S/C21H21BrN6O5S/c1-13(10-18-23-11-14(22)12-24-18)34(29,30)27-21-26-25-20(17-8-5-9-33-17)28(21)19-15(31-2)6-4-7-16(19)32-3/h4-9,11-13H,10H2,1-3H3,(H,26,27)/t13-/m1/s1. The predicted octanol–water partition coefficient (Wildman–Crippen LogP) is 3.47. The highest BCUT2D eigenvalue weighted by Gasteiger charge is 2.29. The second-order valence-corrected chi connectivity index (χ2v) is 10.2. The topological polar surface area (TPSA) is 134 Å². The van der Waals surface area contributed by atoms with E-state index in [9.17, 15) is 8.42 Å². The third-order valence-corrected chi connectivity index (χ3v) is 7.04. The van der Waals surface area contributed by atoms with Crippen LogP contribution in [0.2, 0.25) is 0 Å². The Morgan fingerprint density at radius 1 is 1.09 bits per heavy atom. The lowest BCUT2D eigenvalue weighted by Crippen LogP contribution is -2.29. The van der Waals surface area contributed by atoms with Crippen molar-refractivity contribution >= 4 is 31.9 Å². The summed E-state index contributed by atoms with van der Waals surface area (Å²) in [4.78, 5) is 8.32. The number of ether oxygens (including phenoxy) is 2. The molecule has 0 aliphatic heterocycles. The first-order chi connectivity index (χ1) is 16.3. The number of methoxy groups -OCH3 is 2. The summed E-state index contributed by atoms with van der Waals surface area (Å²) in [6.07, 6.45) is 4.71. The molecule has 1 aromatic carbocycles. The van der Waals surface area contributed by atoms with E-state index in [1.807, 2.05) is 0 Å². The first-order valence-electron chi connectivity index (χ1n) is 10.0. The Morgan fingerprint density at radius 2 is 1.76 bits per heavy atom. The van der Waals surface area contributed by atoms with E-state index in [1.165, 1.54) is 25.0 Å². The highest BCUT2D eigenvalue weighted by Crippen LogP contribution is 2.37. The molecule has 0 saturated heterocycles. The number of nitrogens with zero attached hydrogens (tertiary/aromatic N) is 5. The van der Waals surface area contributed by atoms with Gasteiger partial charge >= 0.3 is 0 Å². The summed E-state index contributed by atoms with van der Waals surface area (Å²) < 4.78 is 47.7. The summed E-state index contributed by atoms with van der Waals surface area (Å²) >= 11 is 3.27. The average Bonchev–Trinajstić information content (AvgIpc) is 3.49. The van der Waals surface area contributed by atoms with Crippen molar-refractivity contribution < 1.29 is 22.3 Å². The third-order valence-electron chi connectivity index (χ3n) is 4.94. The van der Waals surface area contributed by atoms with Crippen LogP contribution in [0.5, 0.6) is 11.5 Å². The minimum Gasteiger partial charge on any atom is -0.494 e. The van der Waals surface area contributed by atoms with Crippen LogP contribution in [0.3, 0.4) is 0 Å². The maximum absolute atomic E-state index is 13.2. The number of furan rings is 1. The fraction of sp³-hybridized carbons (Fsp3) is 0.238. The number of anilines is 1. The Kier molecular flexibility index (Phi) is 6.84. The molecule has 13 heteroatoms. The first-order valence-corrected chi connectivity index (χ1v) is 12.4. The van der Waals surface area contributed by atoms with E-state index in [-0.39, 0.29) is 18.2 Å². The van der Waals surface area contributed by atoms with Crippen LogP contribution in [0.25, 0.3) is 17.3 Å². The van der Waals surface area contributed by atoms with Gasteiger partial charge in [0.15, 0.2) is 5.76 Å². The largest absolute Gasteiger partial charge is 0.494 e. The molecule has 0 spiro atoms. The Balaban J connectivity index is 1.77. The van der Waals surface area contributed by atoms with E-state index < -0.39 is 15.3 Å². The molecule has 0 aliphatic carbocycles. The van der Waals surface area contributed by atoms with Gasteiger partial charge in [-0.1, -0.05) is 6.07 Å². The highest BCUT2D eigenvalue weighted by molar-refractivity contribution is 9.10. The van der Waals surface area contributed by atoms with Gasteiger partial charge in [0.1, 0.15) is 23.0 Å². The van der Waals surface area contributed by atoms with E-state index in [2.05, 4.69) is 40.8 Å². The molecule has 3 aromatic heterocycles. The molecule has 0 unspecified atom stereocenters. The molecule has 0 amide bonds. The lowest BCUT2D eigenvalue weighted by molar-refractivity contribution is 0.391. The lowest BCUT2D eigenvalue weighted by atomic mass is 10.2. The zero-order valence-corrected chi connectivity index (χ0v) is 20.9. The van der Waals surface area contributed by atoms with Crippen molar-refractivity contribution in [2.75, 3.05) is 18.9 Å². The van der Waals surface area contributed by atoms with Gasteiger partial charge in [-0.3, -0.25) is 9.29 Å². The van der Waals surface area contributed by atoms with Crippen molar-refractivity contribution in [2.24, 2.45) is 0 Å². The van der Waals surface area contributed by atoms with Gasteiger partial charge in [-0.15, -0.1) is 10.2 Å². The molecule has 0 aliphatic rings. The molecular formula is C21H21BrN6O5S. The third kappa shape index (κ3) is 4.75. The van der Waals surface area contributed by atoms with Crippen LogP contribution in [-0.4, -0.2) is 52.6 Å². The van der Waals surface area contributed by atoms with Crippen LogP contribution >= 0.6 is 15.9 Å². The molecule has 11 nitrogen and oxygen atoms in total. The molecule has 0 fully saturated rings. The van der Waals surface area contributed by atoms with Crippen LogP contribution in [-0.2, 0) is 16.4 Å². The number of halogens is 1. The number of hydrogen-bond acceptors (Lipinski definition) is 9. The fourth-order valence-electron chi connectivity index (χ4n) is 3.22. The van der Waals surface area contributed by atoms with Gasteiger partial charge < -0.3 is 13.9 Å². The van der Waals surface area contributed by atoms with Crippen molar-refractivity contribution in [3.63, 3.8) is 0 Å². The van der Waals surface area contributed by atoms with Crippen molar-refractivity contribution in [1.82, 2.24) is 24.7 Å². The van der Waals surface area contributed by atoms with E-state index in [1.54, 1.807) is 49.6 Å². The molecule has 3 heterocycles. The maximum atomic E-state index is 13.2. The molecule has 0 saturated carbocycles. The van der Waals surface area contributed by atoms with E-state index >= 15 is 0 Å². The van der Waals surface area contributed by atoms with Crippen molar-refractivity contribution in [1.29, 1.82) is 0 Å². The zero-order chi connectivity index (χ0) is 24.3. The molecular weight excluding hydrogens is 528 g/mol. The summed E-state index contributed by atoms with van der Waals surface area (Å²) in [6, 6.07) is 8.57. The molecule has 34 heavy (non-hydrogen) atoms. The smallest absolute Gasteiger partial charge is 0.243 e. The van der Waals surface area contributed by atoms with Gasteiger partial charge in [0.05, 0.1) is 30.2 Å². The second-order valence-electron chi connectivity index (χ2n) is 7.15. The minimum absolute atomic E-state index is 0.0576. The summed E-state index contributed by atoms with van der Waals surface area (Å²) in [5.41, 5.74) is 0.408. The molecule has 4 rings (SSSR count). The predicted molar refractivity (Wildman–Crippen MR) is 128 cm³/mol. The summed E-state index contributed by atoms with van der Waals surface area (Å²) in [7, 11) is -0.925. The van der Waals surface area contributed by atoms with Gasteiger partial charge in [-0.25, -0.2) is 18.4 Å². The van der Waals surface area contributed by atoms with Crippen LogP contribution in [0.1, 0.15) is 12.7 Å².